The second-order valence-electron chi connectivity index (χ2n) is 5.89. The van der Waals surface area contributed by atoms with Crippen molar-refractivity contribution in [2.75, 3.05) is 4.72 Å². The van der Waals surface area contributed by atoms with Gasteiger partial charge >= 0.3 is 0 Å². The molecule has 0 atom stereocenters. The minimum atomic E-state index is -3.80. The third-order valence-corrected chi connectivity index (χ3v) is 4.99. The molecule has 3 rings (SSSR count). The standard InChI is InChI=1S/C19H18N4O3S/c1-13-11-14(2)22-19(21-13)23-27(25,26)17-9-7-16(8-10-17)20-12-15-5-3-4-6-18(15)24/h3-12,24H,1-2H3,(H,21,22,23). The van der Waals surface area contributed by atoms with E-state index < -0.39 is 10.0 Å². The predicted octanol–water partition coefficient (Wildman–Crippen LogP) is 3.35. The highest BCUT2D eigenvalue weighted by Gasteiger charge is 2.16. The topological polar surface area (TPSA) is 105 Å². The second kappa shape index (κ2) is 7.55. The van der Waals surface area contributed by atoms with E-state index in [0.717, 1.165) is 0 Å². The quantitative estimate of drug-likeness (QED) is 0.659. The highest BCUT2D eigenvalue weighted by atomic mass is 32.2. The summed E-state index contributed by atoms with van der Waals surface area (Å²) in [5.74, 6) is 0.159. The van der Waals surface area contributed by atoms with Crippen molar-refractivity contribution in [3.8, 4) is 5.75 Å². The van der Waals surface area contributed by atoms with Crippen molar-refractivity contribution < 1.29 is 13.5 Å². The number of aromatic hydroxyl groups is 1. The van der Waals surface area contributed by atoms with Crippen LogP contribution in [0.2, 0.25) is 0 Å². The molecule has 0 radical (unpaired) electrons. The largest absolute Gasteiger partial charge is 0.507 e. The van der Waals surface area contributed by atoms with Crippen LogP contribution in [0, 0.1) is 13.8 Å². The van der Waals surface area contributed by atoms with E-state index in [1.807, 2.05) is 0 Å². The molecule has 2 N–H and O–H groups in total. The zero-order valence-electron chi connectivity index (χ0n) is 14.8. The van der Waals surface area contributed by atoms with Crippen LogP contribution in [0.4, 0.5) is 11.6 Å². The lowest BCUT2D eigenvalue weighted by molar-refractivity contribution is 0.474. The van der Waals surface area contributed by atoms with Crippen molar-refractivity contribution in [3.05, 3.63) is 71.5 Å². The summed E-state index contributed by atoms with van der Waals surface area (Å²) in [6.45, 7) is 3.54. The number of benzene rings is 2. The van der Waals surface area contributed by atoms with Crippen LogP contribution in [0.1, 0.15) is 17.0 Å². The van der Waals surface area contributed by atoms with Crippen molar-refractivity contribution in [1.29, 1.82) is 0 Å². The summed E-state index contributed by atoms with van der Waals surface area (Å²) in [7, 11) is -3.80. The van der Waals surface area contributed by atoms with Crippen LogP contribution in [-0.2, 0) is 10.0 Å². The van der Waals surface area contributed by atoms with Gasteiger partial charge in [-0.1, -0.05) is 12.1 Å². The number of aryl methyl sites for hydroxylation is 2. The number of nitrogens with one attached hydrogen (secondary N) is 1. The monoisotopic (exact) mass is 382 g/mol. The average molecular weight is 382 g/mol. The fourth-order valence-electron chi connectivity index (χ4n) is 2.40. The van der Waals surface area contributed by atoms with Crippen LogP contribution >= 0.6 is 0 Å². The van der Waals surface area contributed by atoms with Gasteiger partial charge in [-0.3, -0.25) is 4.99 Å². The summed E-state index contributed by atoms with van der Waals surface area (Å²) < 4.78 is 27.4. The number of para-hydroxylation sites is 1. The van der Waals surface area contributed by atoms with Gasteiger partial charge in [-0.25, -0.2) is 23.1 Å². The number of hydrogen-bond donors (Lipinski definition) is 2. The maximum absolute atomic E-state index is 12.5. The van der Waals surface area contributed by atoms with Gasteiger partial charge < -0.3 is 5.11 Å². The lowest BCUT2D eigenvalue weighted by atomic mass is 10.2. The van der Waals surface area contributed by atoms with Gasteiger partial charge in [-0.15, -0.1) is 0 Å². The van der Waals surface area contributed by atoms with E-state index in [0.29, 0.717) is 22.6 Å². The van der Waals surface area contributed by atoms with Gasteiger partial charge in [0.2, 0.25) is 5.95 Å². The number of phenolic OH excluding ortho intramolecular Hbond substituents is 1. The molecule has 1 aromatic heterocycles. The lowest BCUT2D eigenvalue weighted by Crippen LogP contribution is -2.15. The van der Waals surface area contributed by atoms with Gasteiger partial charge in [0, 0.05) is 23.2 Å². The number of aliphatic imine (C=N–C) groups is 1. The van der Waals surface area contributed by atoms with Crippen LogP contribution in [0.15, 0.2) is 64.5 Å². The molecule has 2 aromatic carbocycles. The van der Waals surface area contributed by atoms with Gasteiger partial charge in [0.25, 0.3) is 10.0 Å². The first-order valence-corrected chi connectivity index (χ1v) is 9.59. The third kappa shape index (κ3) is 4.68. The van der Waals surface area contributed by atoms with E-state index in [4.69, 9.17) is 0 Å². The normalized spacial score (nSPS) is 11.6. The Morgan fingerprint density at radius 3 is 2.26 bits per heavy atom. The van der Waals surface area contributed by atoms with E-state index in [9.17, 15) is 13.5 Å². The van der Waals surface area contributed by atoms with Crippen molar-refractivity contribution in [2.24, 2.45) is 4.99 Å². The van der Waals surface area contributed by atoms with Gasteiger partial charge in [0.15, 0.2) is 0 Å². The molecule has 7 nitrogen and oxygen atoms in total. The molecule has 0 saturated carbocycles. The summed E-state index contributed by atoms with van der Waals surface area (Å²) in [5, 5.41) is 9.73. The van der Waals surface area contributed by atoms with Gasteiger partial charge in [-0.05, 0) is 56.3 Å². The average Bonchev–Trinajstić information content (AvgIpc) is 2.60. The molecule has 0 bridgehead atoms. The molecule has 0 unspecified atom stereocenters. The number of aromatic nitrogens is 2. The number of anilines is 1. The van der Waals surface area contributed by atoms with Crippen molar-refractivity contribution in [2.45, 2.75) is 18.7 Å². The molecule has 0 aliphatic rings. The van der Waals surface area contributed by atoms with Crippen molar-refractivity contribution >= 4 is 27.9 Å². The molecule has 0 aliphatic heterocycles. The lowest BCUT2D eigenvalue weighted by Gasteiger charge is -2.08. The van der Waals surface area contributed by atoms with Gasteiger partial charge in [0.05, 0.1) is 10.6 Å². The summed E-state index contributed by atoms with van der Waals surface area (Å²) in [5.41, 5.74) is 2.48. The zero-order valence-corrected chi connectivity index (χ0v) is 15.6. The van der Waals surface area contributed by atoms with Crippen LogP contribution in [-0.4, -0.2) is 29.7 Å². The van der Waals surface area contributed by atoms with Gasteiger partial charge in [-0.2, -0.15) is 0 Å². The second-order valence-corrected chi connectivity index (χ2v) is 7.57. The summed E-state index contributed by atoms with van der Waals surface area (Å²) in [6, 6.07) is 14.6. The van der Waals surface area contributed by atoms with Crippen LogP contribution in [0.5, 0.6) is 5.75 Å². The van der Waals surface area contributed by atoms with Crippen molar-refractivity contribution in [3.63, 3.8) is 0 Å². The first-order chi connectivity index (χ1) is 12.8. The molecule has 0 saturated heterocycles. The van der Waals surface area contributed by atoms with E-state index >= 15 is 0 Å². The Morgan fingerprint density at radius 1 is 1.00 bits per heavy atom. The minimum Gasteiger partial charge on any atom is -0.507 e. The molecule has 0 fully saturated rings. The van der Waals surface area contributed by atoms with Gasteiger partial charge in [0.1, 0.15) is 5.75 Å². The van der Waals surface area contributed by atoms with E-state index in [1.165, 1.54) is 18.3 Å². The molecular weight excluding hydrogens is 364 g/mol. The Labute approximate surface area is 157 Å². The molecule has 8 heteroatoms. The SMILES string of the molecule is Cc1cc(C)nc(NS(=O)(=O)c2ccc(N=Cc3ccccc3O)cc2)n1. The highest BCUT2D eigenvalue weighted by Crippen LogP contribution is 2.20. The van der Waals surface area contributed by atoms with Crippen LogP contribution < -0.4 is 4.72 Å². The summed E-state index contributed by atoms with van der Waals surface area (Å²) in [4.78, 5) is 12.5. The Morgan fingerprint density at radius 2 is 1.63 bits per heavy atom. The van der Waals surface area contributed by atoms with Crippen LogP contribution in [0.25, 0.3) is 0 Å². The Balaban J connectivity index is 1.78. The smallest absolute Gasteiger partial charge is 0.264 e. The Kier molecular flexibility index (Phi) is 5.18. The van der Waals surface area contributed by atoms with E-state index in [-0.39, 0.29) is 16.6 Å². The first kappa shape index (κ1) is 18.5. The zero-order chi connectivity index (χ0) is 19.4. The Bertz CT molecular complexity index is 1070. The number of nitrogens with zero attached hydrogens (tertiary/aromatic N) is 3. The number of phenols is 1. The molecule has 27 heavy (non-hydrogen) atoms. The minimum absolute atomic E-state index is 0.0363. The van der Waals surface area contributed by atoms with E-state index in [2.05, 4.69) is 19.7 Å². The highest BCUT2D eigenvalue weighted by molar-refractivity contribution is 7.92. The molecule has 138 valence electrons. The third-order valence-electron chi connectivity index (χ3n) is 3.64. The number of hydrogen-bond acceptors (Lipinski definition) is 6. The molecule has 1 heterocycles. The molecule has 0 amide bonds. The number of sulfonamides is 1. The van der Waals surface area contributed by atoms with Crippen molar-refractivity contribution in [1.82, 2.24) is 9.97 Å². The van der Waals surface area contributed by atoms with E-state index in [1.54, 1.807) is 56.3 Å². The fraction of sp³-hybridized carbons (Fsp3) is 0.105. The molecular formula is C19H18N4O3S. The first-order valence-electron chi connectivity index (χ1n) is 8.11. The molecule has 3 aromatic rings. The summed E-state index contributed by atoms with van der Waals surface area (Å²) in [6.07, 6.45) is 1.51. The Hall–Kier alpha value is -3.26. The maximum Gasteiger partial charge on any atom is 0.264 e. The van der Waals surface area contributed by atoms with Crippen LogP contribution in [0.3, 0.4) is 0 Å². The number of rotatable bonds is 5. The summed E-state index contributed by atoms with van der Waals surface area (Å²) >= 11 is 0. The predicted molar refractivity (Wildman–Crippen MR) is 104 cm³/mol. The maximum atomic E-state index is 12.5. The fourth-order valence-corrected chi connectivity index (χ4v) is 3.35. The molecule has 0 spiro atoms. The molecule has 0 aliphatic carbocycles.